The normalized spacial score (nSPS) is 14.9. The minimum atomic E-state index is -3.82. The largest absolute Gasteiger partial charge is 0.478 e. The maximum Gasteiger partial charge on any atom is 0.337 e. The molecule has 3 rings (SSSR count). The first-order chi connectivity index (χ1) is 15.5. The van der Waals surface area contributed by atoms with Gasteiger partial charge in [-0.1, -0.05) is 35.9 Å². The molecular weight excluding hydrogens is 440 g/mol. The van der Waals surface area contributed by atoms with Crippen molar-refractivity contribution in [2.24, 2.45) is 0 Å². The monoisotopic (exact) mass is 466 g/mol. The zero-order valence-corrected chi connectivity index (χ0v) is 19.6. The minimum Gasteiger partial charge on any atom is -0.478 e. The van der Waals surface area contributed by atoms with Gasteiger partial charge in [-0.25, -0.2) is 13.2 Å². The highest BCUT2D eigenvalue weighted by Gasteiger charge is 2.31. The van der Waals surface area contributed by atoms with E-state index in [4.69, 9.17) is 0 Å². The van der Waals surface area contributed by atoms with E-state index in [1.165, 1.54) is 40.7 Å². The first-order valence-electron chi connectivity index (χ1n) is 10.3. The SMILES string of the molecule is C=C1/C(=C\C=C(C)C)CCN1S(=O)(=O)c1ccc(C(=O)Nc2ccc(C)cc2C(=O)O)cc1. The Labute approximate surface area is 193 Å². The molecule has 2 aromatic carbocycles. The highest BCUT2D eigenvalue weighted by molar-refractivity contribution is 7.89. The number of nitrogens with one attached hydrogen (secondary N) is 1. The fourth-order valence-electron chi connectivity index (χ4n) is 3.42. The summed E-state index contributed by atoms with van der Waals surface area (Å²) in [7, 11) is -3.82. The quantitative estimate of drug-likeness (QED) is 0.640. The summed E-state index contributed by atoms with van der Waals surface area (Å²) >= 11 is 0. The number of sulfonamides is 1. The number of rotatable bonds is 6. The van der Waals surface area contributed by atoms with Crippen LogP contribution in [-0.2, 0) is 10.0 Å². The highest BCUT2D eigenvalue weighted by Crippen LogP contribution is 2.32. The van der Waals surface area contributed by atoms with E-state index in [9.17, 15) is 23.1 Å². The van der Waals surface area contributed by atoms with Crippen LogP contribution in [0.4, 0.5) is 5.69 Å². The second-order valence-corrected chi connectivity index (χ2v) is 9.90. The van der Waals surface area contributed by atoms with Gasteiger partial charge in [0.2, 0.25) is 0 Å². The van der Waals surface area contributed by atoms with E-state index in [2.05, 4.69) is 11.9 Å². The second-order valence-electron chi connectivity index (χ2n) is 8.04. The highest BCUT2D eigenvalue weighted by atomic mass is 32.2. The number of anilines is 1. The molecule has 0 atom stereocenters. The molecule has 1 saturated heterocycles. The fraction of sp³-hybridized carbons (Fsp3) is 0.200. The molecule has 33 heavy (non-hydrogen) atoms. The lowest BCUT2D eigenvalue weighted by Crippen LogP contribution is -2.26. The predicted molar refractivity (Wildman–Crippen MR) is 128 cm³/mol. The topological polar surface area (TPSA) is 104 Å². The van der Waals surface area contributed by atoms with E-state index in [0.29, 0.717) is 18.7 Å². The van der Waals surface area contributed by atoms with Gasteiger partial charge < -0.3 is 10.4 Å². The Morgan fingerprint density at radius 1 is 1.12 bits per heavy atom. The van der Waals surface area contributed by atoms with E-state index in [-0.39, 0.29) is 21.7 Å². The molecule has 0 radical (unpaired) electrons. The summed E-state index contributed by atoms with van der Waals surface area (Å²) in [6, 6.07) is 10.2. The summed E-state index contributed by atoms with van der Waals surface area (Å²) < 4.78 is 27.5. The summed E-state index contributed by atoms with van der Waals surface area (Å²) in [6.45, 7) is 9.93. The predicted octanol–water partition coefficient (Wildman–Crippen LogP) is 4.75. The average Bonchev–Trinajstić information content (AvgIpc) is 3.14. The van der Waals surface area contributed by atoms with Gasteiger partial charge in [0.25, 0.3) is 15.9 Å². The van der Waals surface area contributed by atoms with Crippen molar-refractivity contribution in [3.63, 3.8) is 0 Å². The molecule has 0 bridgehead atoms. The van der Waals surface area contributed by atoms with Gasteiger partial charge in [-0.3, -0.25) is 9.10 Å². The van der Waals surface area contributed by atoms with Crippen molar-refractivity contribution in [2.45, 2.75) is 32.1 Å². The zero-order valence-electron chi connectivity index (χ0n) is 18.8. The van der Waals surface area contributed by atoms with Crippen molar-refractivity contribution in [1.82, 2.24) is 4.31 Å². The van der Waals surface area contributed by atoms with E-state index >= 15 is 0 Å². The average molecular weight is 467 g/mol. The fourth-order valence-corrected chi connectivity index (χ4v) is 4.89. The van der Waals surface area contributed by atoms with Crippen molar-refractivity contribution in [3.8, 4) is 0 Å². The molecule has 2 N–H and O–H groups in total. The number of hydrogen-bond donors (Lipinski definition) is 2. The number of aryl methyl sites for hydroxylation is 1. The van der Waals surface area contributed by atoms with Gasteiger partial charge in [0.15, 0.2) is 0 Å². The molecule has 2 aromatic rings. The van der Waals surface area contributed by atoms with E-state index in [0.717, 1.165) is 16.7 Å². The van der Waals surface area contributed by atoms with Crippen molar-refractivity contribution >= 4 is 27.6 Å². The Balaban J connectivity index is 1.80. The van der Waals surface area contributed by atoms with E-state index in [1.807, 2.05) is 26.0 Å². The molecule has 1 heterocycles. The number of amides is 1. The third kappa shape index (κ3) is 5.23. The van der Waals surface area contributed by atoms with Gasteiger partial charge in [-0.15, -0.1) is 0 Å². The van der Waals surface area contributed by atoms with Crippen molar-refractivity contribution in [2.75, 3.05) is 11.9 Å². The number of aromatic carboxylic acids is 1. The van der Waals surface area contributed by atoms with Crippen LogP contribution in [0.2, 0.25) is 0 Å². The van der Waals surface area contributed by atoms with Gasteiger partial charge in [0.05, 0.1) is 16.1 Å². The van der Waals surface area contributed by atoms with E-state index in [1.54, 1.807) is 13.0 Å². The molecule has 1 aliphatic heterocycles. The number of nitrogens with zero attached hydrogens (tertiary/aromatic N) is 1. The van der Waals surface area contributed by atoms with Crippen LogP contribution in [0.15, 0.2) is 82.9 Å². The van der Waals surface area contributed by atoms with Gasteiger partial charge in [-0.2, -0.15) is 0 Å². The summed E-state index contributed by atoms with van der Waals surface area (Å²) in [5.74, 6) is -1.69. The molecule has 0 aliphatic carbocycles. The molecule has 0 unspecified atom stereocenters. The Kier molecular flexibility index (Phi) is 6.88. The number of allylic oxidation sites excluding steroid dienone is 4. The maximum atomic E-state index is 13.1. The summed E-state index contributed by atoms with van der Waals surface area (Å²) in [5.41, 5.74) is 3.51. The second kappa shape index (κ2) is 9.46. The number of carboxylic acid groups (broad SMARTS) is 1. The molecule has 1 amide bonds. The van der Waals surface area contributed by atoms with Crippen LogP contribution in [0, 0.1) is 6.92 Å². The lowest BCUT2D eigenvalue weighted by molar-refractivity contribution is 0.0698. The number of benzene rings is 2. The Hall–Kier alpha value is -3.65. The molecular formula is C25H26N2O5S. The molecule has 172 valence electrons. The van der Waals surface area contributed by atoms with Gasteiger partial charge in [0, 0.05) is 17.8 Å². The first kappa shape index (κ1) is 24.0. The summed E-state index contributed by atoms with van der Waals surface area (Å²) in [4.78, 5) is 24.1. The standard InChI is InChI=1S/C25H26N2O5S/c1-16(2)5-7-19-13-14-27(18(19)4)33(31,32)21-10-8-20(9-11-21)24(28)26-23-12-6-17(3)15-22(23)25(29)30/h5-12,15H,4,13-14H2,1-3H3,(H,26,28)(H,29,30)/b19-7-. The van der Waals surface area contributed by atoms with Crippen LogP contribution in [0.1, 0.15) is 46.5 Å². The van der Waals surface area contributed by atoms with Crippen LogP contribution >= 0.6 is 0 Å². The van der Waals surface area contributed by atoms with E-state index < -0.39 is 21.9 Å². The summed E-state index contributed by atoms with van der Waals surface area (Å²) in [6.07, 6.45) is 4.38. The minimum absolute atomic E-state index is 0.0212. The van der Waals surface area contributed by atoms with Crippen molar-refractivity contribution in [3.05, 3.63) is 94.7 Å². The summed E-state index contributed by atoms with van der Waals surface area (Å²) in [5, 5.41) is 11.9. The van der Waals surface area contributed by atoms with Gasteiger partial charge in [-0.05, 0) is 69.2 Å². The Morgan fingerprint density at radius 2 is 1.79 bits per heavy atom. The molecule has 1 aliphatic rings. The lowest BCUT2D eigenvalue weighted by atomic mass is 10.1. The maximum absolute atomic E-state index is 13.1. The van der Waals surface area contributed by atoms with Gasteiger partial charge in [0.1, 0.15) is 0 Å². The molecule has 7 nitrogen and oxygen atoms in total. The number of carbonyl (C=O) groups excluding carboxylic acids is 1. The molecule has 0 aromatic heterocycles. The molecule has 8 heteroatoms. The van der Waals surface area contributed by atoms with Gasteiger partial charge >= 0.3 is 5.97 Å². The molecule has 0 spiro atoms. The number of hydrogen-bond acceptors (Lipinski definition) is 4. The van der Waals surface area contributed by atoms with Crippen molar-refractivity contribution in [1.29, 1.82) is 0 Å². The van der Waals surface area contributed by atoms with Crippen LogP contribution in [-0.4, -0.2) is 36.3 Å². The molecule has 1 fully saturated rings. The zero-order chi connectivity index (χ0) is 24.3. The number of carbonyl (C=O) groups is 2. The first-order valence-corrected chi connectivity index (χ1v) is 11.8. The smallest absolute Gasteiger partial charge is 0.337 e. The van der Waals surface area contributed by atoms with Crippen molar-refractivity contribution < 1.29 is 23.1 Å². The Bertz CT molecular complexity index is 1280. The third-order valence-corrected chi connectivity index (χ3v) is 7.08. The van der Waals surface area contributed by atoms with Crippen LogP contribution in [0.5, 0.6) is 0 Å². The van der Waals surface area contributed by atoms with Crippen LogP contribution in [0.3, 0.4) is 0 Å². The number of carboxylic acids is 1. The van der Waals surface area contributed by atoms with Crippen LogP contribution < -0.4 is 5.32 Å². The third-order valence-electron chi connectivity index (χ3n) is 5.23. The Morgan fingerprint density at radius 3 is 2.39 bits per heavy atom. The van der Waals surface area contributed by atoms with Crippen LogP contribution in [0.25, 0.3) is 0 Å². The molecule has 0 saturated carbocycles. The lowest BCUT2D eigenvalue weighted by Gasteiger charge is -2.19.